The summed E-state index contributed by atoms with van der Waals surface area (Å²) >= 11 is 0. The molecule has 0 spiro atoms. The Labute approximate surface area is 113 Å². The fourth-order valence-corrected chi connectivity index (χ4v) is 3.12. The Morgan fingerprint density at radius 3 is 3.05 bits per heavy atom. The van der Waals surface area contributed by atoms with Crippen LogP contribution < -0.4 is 5.32 Å². The van der Waals surface area contributed by atoms with Crippen molar-refractivity contribution in [1.82, 2.24) is 25.0 Å². The van der Waals surface area contributed by atoms with Gasteiger partial charge >= 0.3 is 0 Å². The average molecular weight is 263 g/mol. The summed E-state index contributed by atoms with van der Waals surface area (Å²) in [6.45, 7) is 3.61. The minimum Gasteiger partial charge on any atom is -0.341 e. The van der Waals surface area contributed by atoms with Crippen LogP contribution in [0.3, 0.4) is 0 Å². The molecule has 2 atom stereocenters. The van der Waals surface area contributed by atoms with Crippen LogP contribution in [-0.2, 0) is 11.3 Å². The van der Waals surface area contributed by atoms with Crippen LogP contribution in [0.1, 0.15) is 25.7 Å². The molecule has 1 aromatic heterocycles. The molecule has 104 valence electrons. The summed E-state index contributed by atoms with van der Waals surface area (Å²) in [5, 5.41) is 7.44. The molecule has 1 unspecified atom stereocenters. The third-order valence-corrected chi connectivity index (χ3v) is 4.10. The van der Waals surface area contributed by atoms with E-state index >= 15 is 0 Å². The molecule has 6 heteroatoms. The van der Waals surface area contributed by atoms with E-state index in [0.717, 1.165) is 45.4 Å². The third-order valence-electron chi connectivity index (χ3n) is 4.10. The molecule has 3 heterocycles. The lowest BCUT2D eigenvalue weighted by atomic mass is 9.97. The van der Waals surface area contributed by atoms with Gasteiger partial charge in [0.2, 0.25) is 5.91 Å². The highest BCUT2D eigenvalue weighted by Gasteiger charge is 2.30. The molecule has 2 aliphatic heterocycles. The van der Waals surface area contributed by atoms with Gasteiger partial charge in [-0.05, 0) is 38.1 Å². The molecular weight excluding hydrogens is 242 g/mol. The molecule has 3 rings (SSSR count). The van der Waals surface area contributed by atoms with Crippen LogP contribution in [0.2, 0.25) is 0 Å². The van der Waals surface area contributed by atoms with E-state index in [1.807, 2.05) is 9.58 Å². The largest absolute Gasteiger partial charge is 0.341 e. The van der Waals surface area contributed by atoms with Crippen LogP contribution in [0.4, 0.5) is 0 Å². The smallest absolute Gasteiger partial charge is 0.239 e. The number of rotatable bonds is 3. The van der Waals surface area contributed by atoms with Crippen molar-refractivity contribution in [2.45, 2.75) is 38.3 Å². The molecule has 0 saturated carbocycles. The zero-order valence-corrected chi connectivity index (χ0v) is 11.2. The summed E-state index contributed by atoms with van der Waals surface area (Å²) in [5.74, 6) is 0.793. The van der Waals surface area contributed by atoms with Gasteiger partial charge in [0.25, 0.3) is 0 Å². The Kier molecular flexibility index (Phi) is 3.77. The Morgan fingerprint density at radius 1 is 1.37 bits per heavy atom. The number of carbonyl (C=O) groups excluding carboxylic acids is 1. The number of amides is 1. The van der Waals surface area contributed by atoms with Gasteiger partial charge in [0, 0.05) is 19.6 Å². The molecule has 2 saturated heterocycles. The number of carbonyl (C=O) groups is 1. The second-order valence-electron chi connectivity index (χ2n) is 5.56. The molecule has 0 bridgehead atoms. The molecule has 0 aliphatic carbocycles. The standard InChI is InChI=1S/C13H21N5O/c19-13(12-4-1-5-15-12)17-6-2-3-11(7-17)8-18-10-14-9-16-18/h9-12,15H,1-8H2/t11?,12-/m0/s1. The number of nitrogens with zero attached hydrogens (tertiary/aromatic N) is 4. The topological polar surface area (TPSA) is 63.1 Å². The fraction of sp³-hybridized carbons (Fsp3) is 0.769. The molecular formula is C13H21N5O. The van der Waals surface area contributed by atoms with E-state index in [2.05, 4.69) is 15.4 Å². The highest BCUT2D eigenvalue weighted by Crippen LogP contribution is 2.20. The van der Waals surface area contributed by atoms with Crippen LogP contribution in [-0.4, -0.2) is 51.2 Å². The molecule has 19 heavy (non-hydrogen) atoms. The van der Waals surface area contributed by atoms with Crippen LogP contribution in [0.15, 0.2) is 12.7 Å². The summed E-state index contributed by atoms with van der Waals surface area (Å²) in [7, 11) is 0. The minimum atomic E-state index is 0.0603. The summed E-state index contributed by atoms with van der Waals surface area (Å²) < 4.78 is 1.87. The zero-order chi connectivity index (χ0) is 13.1. The van der Waals surface area contributed by atoms with Gasteiger partial charge < -0.3 is 10.2 Å². The molecule has 1 amide bonds. The molecule has 0 aromatic carbocycles. The normalized spacial score (nSPS) is 27.7. The number of nitrogens with one attached hydrogen (secondary N) is 1. The lowest BCUT2D eigenvalue weighted by Gasteiger charge is -2.34. The third kappa shape index (κ3) is 2.94. The predicted octanol–water partition coefficient (Wildman–Crippen LogP) is 0.269. The SMILES string of the molecule is O=C([C@@H]1CCCN1)N1CCCC(Cn2cncn2)C1. The molecule has 1 N–H and O–H groups in total. The van der Waals surface area contributed by atoms with Crippen LogP contribution in [0, 0.1) is 5.92 Å². The predicted molar refractivity (Wildman–Crippen MR) is 70.4 cm³/mol. The number of likely N-dealkylation sites (tertiary alicyclic amines) is 1. The van der Waals surface area contributed by atoms with E-state index in [4.69, 9.17) is 0 Å². The van der Waals surface area contributed by atoms with Crippen molar-refractivity contribution >= 4 is 5.91 Å². The maximum absolute atomic E-state index is 12.4. The maximum Gasteiger partial charge on any atom is 0.239 e. The van der Waals surface area contributed by atoms with E-state index < -0.39 is 0 Å². The van der Waals surface area contributed by atoms with Gasteiger partial charge in [-0.15, -0.1) is 0 Å². The lowest BCUT2D eigenvalue weighted by Crippen LogP contribution is -2.48. The monoisotopic (exact) mass is 263 g/mol. The first kappa shape index (κ1) is 12.6. The Morgan fingerprint density at radius 2 is 2.32 bits per heavy atom. The molecule has 2 aliphatic rings. The van der Waals surface area contributed by atoms with Crippen LogP contribution in [0.5, 0.6) is 0 Å². The first-order valence-electron chi connectivity index (χ1n) is 7.17. The van der Waals surface area contributed by atoms with Gasteiger partial charge in [-0.1, -0.05) is 0 Å². The van der Waals surface area contributed by atoms with E-state index in [1.165, 1.54) is 6.42 Å². The Balaban J connectivity index is 1.56. The van der Waals surface area contributed by atoms with Crippen molar-refractivity contribution in [2.75, 3.05) is 19.6 Å². The second-order valence-corrected chi connectivity index (χ2v) is 5.56. The van der Waals surface area contributed by atoms with Crippen LogP contribution >= 0.6 is 0 Å². The van der Waals surface area contributed by atoms with E-state index in [1.54, 1.807) is 12.7 Å². The molecule has 1 aromatic rings. The second kappa shape index (κ2) is 5.69. The van der Waals surface area contributed by atoms with Crippen molar-refractivity contribution < 1.29 is 4.79 Å². The first-order chi connectivity index (χ1) is 9.33. The summed E-state index contributed by atoms with van der Waals surface area (Å²) in [6.07, 6.45) is 7.68. The van der Waals surface area contributed by atoms with Gasteiger partial charge in [-0.2, -0.15) is 5.10 Å². The zero-order valence-electron chi connectivity index (χ0n) is 11.2. The van der Waals surface area contributed by atoms with Crippen molar-refractivity contribution in [1.29, 1.82) is 0 Å². The molecule has 0 radical (unpaired) electrons. The van der Waals surface area contributed by atoms with Crippen molar-refractivity contribution in [3.63, 3.8) is 0 Å². The fourth-order valence-electron chi connectivity index (χ4n) is 3.12. The van der Waals surface area contributed by atoms with Crippen molar-refractivity contribution in [2.24, 2.45) is 5.92 Å². The quantitative estimate of drug-likeness (QED) is 0.850. The number of hydrogen-bond acceptors (Lipinski definition) is 4. The van der Waals surface area contributed by atoms with Gasteiger partial charge in [-0.3, -0.25) is 9.48 Å². The number of piperidine rings is 1. The lowest BCUT2D eigenvalue weighted by molar-refractivity contribution is -0.135. The van der Waals surface area contributed by atoms with Crippen molar-refractivity contribution in [3.05, 3.63) is 12.7 Å². The molecule has 2 fully saturated rings. The Hall–Kier alpha value is -1.43. The van der Waals surface area contributed by atoms with Crippen molar-refractivity contribution in [3.8, 4) is 0 Å². The Bertz CT molecular complexity index is 413. The molecule has 6 nitrogen and oxygen atoms in total. The number of aromatic nitrogens is 3. The maximum atomic E-state index is 12.4. The van der Waals surface area contributed by atoms with Crippen LogP contribution in [0.25, 0.3) is 0 Å². The average Bonchev–Trinajstić information content (AvgIpc) is 3.11. The minimum absolute atomic E-state index is 0.0603. The van der Waals surface area contributed by atoms with Gasteiger partial charge in [0.15, 0.2) is 0 Å². The summed E-state index contributed by atoms with van der Waals surface area (Å²) in [5.41, 5.74) is 0. The highest BCUT2D eigenvalue weighted by atomic mass is 16.2. The van der Waals surface area contributed by atoms with Gasteiger partial charge in [0.1, 0.15) is 12.7 Å². The van der Waals surface area contributed by atoms with E-state index in [0.29, 0.717) is 11.8 Å². The van der Waals surface area contributed by atoms with E-state index in [-0.39, 0.29) is 6.04 Å². The first-order valence-corrected chi connectivity index (χ1v) is 7.17. The highest BCUT2D eigenvalue weighted by molar-refractivity contribution is 5.82. The summed E-state index contributed by atoms with van der Waals surface area (Å²) in [4.78, 5) is 18.4. The number of hydrogen-bond donors (Lipinski definition) is 1. The van der Waals surface area contributed by atoms with E-state index in [9.17, 15) is 4.79 Å². The summed E-state index contributed by atoms with van der Waals surface area (Å²) in [6, 6.07) is 0.0603. The van der Waals surface area contributed by atoms with Gasteiger partial charge in [0.05, 0.1) is 6.04 Å². The van der Waals surface area contributed by atoms with Gasteiger partial charge in [-0.25, -0.2) is 4.98 Å².